The van der Waals surface area contributed by atoms with Gasteiger partial charge in [0.05, 0.1) is 0 Å². The Morgan fingerprint density at radius 2 is 1.78 bits per heavy atom. The first-order valence-corrected chi connectivity index (χ1v) is 5.94. The Bertz CT molecular complexity index is 545. The molecule has 94 valence electrons. The number of nitrogens with two attached hydrogens (primary N) is 1. The highest BCUT2D eigenvalue weighted by Crippen LogP contribution is 2.24. The van der Waals surface area contributed by atoms with Gasteiger partial charge in [-0.2, -0.15) is 0 Å². The molecule has 0 aliphatic heterocycles. The molecular formula is C14H13ClFNO. The van der Waals surface area contributed by atoms with Gasteiger partial charge < -0.3 is 10.5 Å². The monoisotopic (exact) mass is 265 g/mol. The van der Waals surface area contributed by atoms with Crippen LogP contribution in [-0.4, -0.2) is 0 Å². The predicted molar refractivity (Wildman–Crippen MR) is 70.1 cm³/mol. The largest absolute Gasteiger partial charge is 0.485 e. The van der Waals surface area contributed by atoms with Gasteiger partial charge in [0, 0.05) is 22.7 Å². The van der Waals surface area contributed by atoms with Gasteiger partial charge >= 0.3 is 0 Å². The zero-order valence-electron chi connectivity index (χ0n) is 9.70. The Labute approximate surface area is 110 Å². The van der Waals surface area contributed by atoms with E-state index in [1.54, 1.807) is 18.2 Å². The summed E-state index contributed by atoms with van der Waals surface area (Å²) in [4.78, 5) is 0. The number of para-hydroxylation sites is 1. The first kappa shape index (κ1) is 12.9. The molecule has 4 heteroatoms. The molecule has 2 aromatic rings. The van der Waals surface area contributed by atoms with Crippen LogP contribution >= 0.6 is 11.6 Å². The SMILES string of the molecule is NCc1cccc(F)c1OCc1ccccc1Cl. The van der Waals surface area contributed by atoms with E-state index in [2.05, 4.69) is 0 Å². The van der Waals surface area contributed by atoms with Crippen LogP contribution in [0.3, 0.4) is 0 Å². The zero-order valence-corrected chi connectivity index (χ0v) is 10.5. The molecule has 2 N–H and O–H groups in total. The molecule has 2 rings (SSSR count). The number of benzene rings is 2. The van der Waals surface area contributed by atoms with Crippen molar-refractivity contribution in [1.82, 2.24) is 0 Å². The Morgan fingerprint density at radius 3 is 2.50 bits per heavy atom. The van der Waals surface area contributed by atoms with E-state index < -0.39 is 5.82 Å². The highest BCUT2D eigenvalue weighted by atomic mass is 35.5. The van der Waals surface area contributed by atoms with Gasteiger partial charge in [-0.15, -0.1) is 0 Å². The third-order valence-electron chi connectivity index (χ3n) is 2.60. The van der Waals surface area contributed by atoms with E-state index in [0.29, 0.717) is 10.6 Å². The summed E-state index contributed by atoms with van der Waals surface area (Å²) in [5.74, 6) is -0.218. The summed E-state index contributed by atoms with van der Waals surface area (Å²) in [7, 11) is 0. The van der Waals surface area contributed by atoms with Crippen molar-refractivity contribution in [3.63, 3.8) is 0 Å². The second-order valence-corrected chi connectivity index (χ2v) is 4.22. The summed E-state index contributed by atoms with van der Waals surface area (Å²) in [6, 6.07) is 12.0. The molecule has 18 heavy (non-hydrogen) atoms. The molecule has 2 aromatic carbocycles. The van der Waals surface area contributed by atoms with Gasteiger partial charge in [0.1, 0.15) is 6.61 Å². The quantitative estimate of drug-likeness (QED) is 0.918. The lowest BCUT2D eigenvalue weighted by atomic mass is 10.2. The maximum absolute atomic E-state index is 13.6. The summed E-state index contributed by atoms with van der Waals surface area (Å²) in [6.07, 6.45) is 0. The standard InChI is InChI=1S/C14H13ClFNO/c15-12-6-2-1-4-11(12)9-18-14-10(8-17)5-3-7-13(14)16/h1-7H,8-9,17H2. The second kappa shape index (κ2) is 5.85. The Kier molecular flexibility index (Phi) is 4.18. The minimum Gasteiger partial charge on any atom is -0.485 e. The highest BCUT2D eigenvalue weighted by Gasteiger charge is 2.09. The maximum Gasteiger partial charge on any atom is 0.165 e. The molecule has 0 heterocycles. The molecule has 0 aromatic heterocycles. The van der Waals surface area contributed by atoms with Crippen molar-refractivity contribution in [2.75, 3.05) is 0 Å². The van der Waals surface area contributed by atoms with Crippen molar-refractivity contribution in [3.8, 4) is 5.75 Å². The number of rotatable bonds is 4. The van der Waals surface area contributed by atoms with Crippen LogP contribution in [0.1, 0.15) is 11.1 Å². The average molecular weight is 266 g/mol. The van der Waals surface area contributed by atoms with E-state index in [1.807, 2.05) is 18.2 Å². The Hall–Kier alpha value is -1.58. The topological polar surface area (TPSA) is 35.2 Å². The van der Waals surface area contributed by atoms with E-state index in [4.69, 9.17) is 22.1 Å². The van der Waals surface area contributed by atoms with E-state index in [1.165, 1.54) is 6.07 Å². The maximum atomic E-state index is 13.6. The average Bonchev–Trinajstić information content (AvgIpc) is 2.39. The molecule has 0 aliphatic rings. The first-order valence-electron chi connectivity index (χ1n) is 5.56. The number of ether oxygens (including phenoxy) is 1. The minimum atomic E-state index is -0.412. The van der Waals surface area contributed by atoms with Crippen LogP contribution in [-0.2, 0) is 13.2 Å². The van der Waals surface area contributed by atoms with Gasteiger partial charge in [0.15, 0.2) is 11.6 Å². The number of hydrogen-bond donors (Lipinski definition) is 1. The number of hydrogen-bond acceptors (Lipinski definition) is 2. The smallest absolute Gasteiger partial charge is 0.165 e. The molecule has 0 radical (unpaired) electrons. The van der Waals surface area contributed by atoms with Crippen LogP contribution in [0.2, 0.25) is 5.02 Å². The van der Waals surface area contributed by atoms with Crippen LogP contribution in [0, 0.1) is 5.82 Å². The van der Waals surface area contributed by atoms with Crippen LogP contribution in [0.5, 0.6) is 5.75 Å². The molecule has 0 unspecified atom stereocenters. The van der Waals surface area contributed by atoms with Crippen LogP contribution in [0.15, 0.2) is 42.5 Å². The zero-order chi connectivity index (χ0) is 13.0. The van der Waals surface area contributed by atoms with Gasteiger partial charge in [-0.05, 0) is 12.1 Å². The van der Waals surface area contributed by atoms with Gasteiger partial charge in [0.2, 0.25) is 0 Å². The molecular weight excluding hydrogens is 253 g/mol. The predicted octanol–water partition coefficient (Wildman–Crippen LogP) is 3.52. The number of halogens is 2. The van der Waals surface area contributed by atoms with Crippen molar-refractivity contribution in [2.24, 2.45) is 5.73 Å². The minimum absolute atomic E-state index is 0.194. The van der Waals surface area contributed by atoms with Crippen molar-refractivity contribution in [1.29, 1.82) is 0 Å². The van der Waals surface area contributed by atoms with E-state index in [9.17, 15) is 4.39 Å². The molecule has 0 atom stereocenters. The third-order valence-corrected chi connectivity index (χ3v) is 2.97. The second-order valence-electron chi connectivity index (χ2n) is 3.81. The Balaban J connectivity index is 2.18. The van der Waals surface area contributed by atoms with Crippen LogP contribution in [0.25, 0.3) is 0 Å². The molecule has 0 saturated heterocycles. The van der Waals surface area contributed by atoms with Crippen molar-refractivity contribution >= 4 is 11.6 Å². The van der Waals surface area contributed by atoms with Gasteiger partial charge in [-0.3, -0.25) is 0 Å². The molecule has 0 fully saturated rings. The summed E-state index contributed by atoms with van der Waals surface area (Å²) in [6.45, 7) is 0.448. The summed E-state index contributed by atoms with van der Waals surface area (Å²) < 4.78 is 19.1. The molecule has 0 aliphatic carbocycles. The normalized spacial score (nSPS) is 10.4. The van der Waals surface area contributed by atoms with Gasteiger partial charge in [-0.1, -0.05) is 41.9 Å². The molecule has 0 spiro atoms. The summed E-state index contributed by atoms with van der Waals surface area (Å²) in [5.41, 5.74) is 7.00. The lowest BCUT2D eigenvalue weighted by molar-refractivity contribution is 0.287. The lowest BCUT2D eigenvalue weighted by Gasteiger charge is -2.12. The molecule has 0 bridgehead atoms. The first-order chi connectivity index (χ1) is 8.72. The van der Waals surface area contributed by atoms with E-state index in [0.717, 1.165) is 5.56 Å². The summed E-state index contributed by atoms with van der Waals surface area (Å²) in [5, 5.41) is 0.600. The van der Waals surface area contributed by atoms with E-state index in [-0.39, 0.29) is 18.9 Å². The van der Waals surface area contributed by atoms with E-state index >= 15 is 0 Å². The van der Waals surface area contributed by atoms with Crippen LogP contribution in [0.4, 0.5) is 4.39 Å². The van der Waals surface area contributed by atoms with Crippen molar-refractivity contribution in [2.45, 2.75) is 13.2 Å². The fourth-order valence-electron chi connectivity index (χ4n) is 1.64. The fourth-order valence-corrected chi connectivity index (χ4v) is 1.83. The highest BCUT2D eigenvalue weighted by molar-refractivity contribution is 6.31. The molecule has 0 saturated carbocycles. The molecule has 2 nitrogen and oxygen atoms in total. The molecule has 0 amide bonds. The third kappa shape index (κ3) is 2.81. The van der Waals surface area contributed by atoms with Gasteiger partial charge in [0.25, 0.3) is 0 Å². The Morgan fingerprint density at radius 1 is 1.06 bits per heavy atom. The van der Waals surface area contributed by atoms with Gasteiger partial charge in [-0.25, -0.2) is 4.39 Å². The van der Waals surface area contributed by atoms with Crippen molar-refractivity contribution in [3.05, 3.63) is 64.4 Å². The van der Waals surface area contributed by atoms with Crippen LogP contribution < -0.4 is 10.5 Å². The van der Waals surface area contributed by atoms with Crippen molar-refractivity contribution < 1.29 is 9.13 Å². The summed E-state index contributed by atoms with van der Waals surface area (Å²) >= 11 is 6.01. The fraction of sp³-hybridized carbons (Fsp3) is 0.143. The lowest BCUT2D eigenvalue weighted by Crippen LogP contribution is -2.04.